The highest BCUT2D eigenvalue weighted by molar-refractivity contribution is 6.32. The molecule has 0 aromatic heterocycles. The van der Waals surface area contributed by atoms with Crippen LogP contribution in [0.1, 0.15) is 11.6 Å². The van der Waals surface area contributed by atoms with E-state index in [2.05, 4.69) is 0 Å². The molecule has 0 aliphatic rings. The molecule has 0 fully saturated rings. The molecule has 0 bridgehead atoms. The first kappa shape index (κ1) is 13.4. The van der Waals surface area contributed by atoms with Gasteiger partial charge in [0, 0.05) is 5.56 Å². The minimum absolute atomic E-state index is 0. The molecule has 1 aromatic carbocycles. The molecule has 0 unspecified atom stereocenters. The Balaban J connectivity index is 0.00000169. The molecule has 0 saturated carbocycles. The van der Waals surface area contributed by atoms with E-state index in [4.69, 9.17) is 22.4 Å². The topological polar surface area (TPSA) is 66.5 Å². The third kappa shape index (κ3) is 2.72. The molecule has 3 nitrogen and oxygen atoms in total. The molecule has 0 spiro atoms. The van der Waals surface area contributed by atoms with Gasteiger partial charge in [0.25, 0.3) is 0 Å². The summed E-state index contributed by atoms with van der Waals surface area (Å²) in [6.07, 6.45) is 0. The zero-order valence-electron chi connectivity index (χ0n) is 7.08. The lowest BCUT2D eigenvalue weighted by Gasteiger charge is -2.11. The Bertz CT molecular complexity index is 322. The van der Waals surface area contributed by atoms with Gasteiger partial charge in [-0.2, -0.15) is 0 Å². The number of phenols is 1. The van der Waals surface area contributed by atoms with Crippen LogP contribution in [0.4, 0.5) is 4.39 Å². The van der Waals surface area contributed by atoms with Crippen molar-refractivity contribution in [1.82, 2.24) is 0 Å². The maximum atomic E-state index is 12.8. The number of rotatable bonds is 2. The predicted molar refractivity (Wildman–Crippen MR) is 54.3 cm³/mol. The number of halogens is 3. The van der Waals surface area contributed by atoms with Crippen LogP contribution in [-0.4, -0.2) is 16.8 Å². The molecule has 0 radical (unpaired) electrons. The fourth-order valence-electron chi connectivity index (χ4n) is 0.967. The molecular weight excluding hydrogens is 232 g/mol. The summed E-state index contributed by atoms with van der Waals surface area (Å²) in [6.45, 7) is -0.382. The summed E-state index contributed by atoms with van der Waals surface area (Å²) in [5.74, 6) is -0.883. The summed E-state index contributed by atoms with van der Waals surface area (Å²) in [5, 5.41) is 17.9. The Labute approximate surface area is 91.7 Å². The van der Waals surface area contributed by atoms with Crippen LogP contribution in [0.2, 0.25) is 5.02 Å². The maximum absolute atomic E-state index is 12.8. The molecule has 6 heteroatoms. The van der Waals surface area contributed by atoms with E-state index < -0.39 is 11.9 Å². The first-order valence-electron chi connectivity index (χ1n) is 3.60. The van der Waals surface area contributed by atoms with Crippen LogP contribution in [0.25, 0.3) is 0 Å². The van der Waals surface area contributed by atoms with Crippen molar-refractivity contribution in [3.63, 3.8) is 0 Å². The van der Waals surface area contributed by atoms with Crippen molar-refractivity contribution in [2.45, 2.75) is 6.04 Å². The Morgan fingerprint density at radius 3 is 2.57 bits per heavy atom. The number of nitrogens with two attached hydrogens (primary N) is 1. The smallest absolute Gasteiger partial charge is 0.139 e. The van der Waals surface area contributed by atoms with Crippen LogP contribution in [0.15, 0.2) is 12.1 Å². The van der Waals surface area contributed by atoms with Crippen molar-refractivity contribution in [1.29, 1.82) is 0 Å². The highest BCUT2D eigenvalue weighted by Crippen LogP contribution is 2.31. The number of aliphatic hydroxyl groups excluding tert-OH is 1. The summed E-state index contributed by atoms with van der Waals surface area (Å²) >= 11 is 5.49. The zero-order valence-corrected chi connectivity index (χ0v) is 8.65. The molecule has 1 atom stereocenters. The second kappa shape index (κ2) is 5.36. The van der Waals surface area contributed by atoms with E-state index in [0.29, 0.717) is 0 Å². The number of aliphatic hydroxyl groups is 1. The summed E-state index contributed by atoms with van der Waals surface area (Å²) in [7, 11) is 0. The van der Waals surface area contributed by atoms with E-state index in [1.54, 1.807) is 0 Å². The van der Waals surface area contributed by atoms with Crippen LogP contribution in [0.3, 0.4) is 0 Å². The lowest BCUT2D eigenvalue weighted by atomic mass is 10.1. The normalized spacial score (nSPS) is 12.0. The van der Waals surface area contributed by atoms with Crippen molar-refractivity contribution >= 4 is 24.0 Å². The fourth-order valence-corrected chi connectivity index (χ4v) is 1.18. The van der Waals surface area contributed by atoms with Gasteiger partial charge >= 0.3 is 0 Å². The summed E-state index contributed by atoms with van der Waals surface area (Å²) < 4.78 is 12.8. The van der Waals surface area contributed by atoms with Crippen molar-refractivity contribution < 1.29 is 14.6 Å². The van der Waals surface area contributed by atoms with Gasteiger partial charge in [0.1, 0.15) is 11.6 Å². The summed E-state index contributed by atoms with van der Waals surface area (Å²) in [4.78, 5) is 0. The Hall–Kier alpha value is -0.550. The number of hydrogen-bond donors (Lipinski definition) is 3. The van der Waals surface area contributed by atoms with Gasteiger partial charge in [0.05, 0.1) is 17.7 Å². The van der Waals surface area contributed by atoms with Gasteiger partial charge in [-0.05, 0) is 12.1 Å². The van der Waals surface area contributed by atoms with Crippen molar-refractivity contribution in [2.24, 2.45) is 5.73 Å². The molecule has 1 rings (SSSR count). The number of phenolic OH excluding ortho intramolecular Hbond substituents is 1. The number of aromatic hydroxyl groups is 1. The Morgan fingerprint density at radius 1 is 1.50 bits per heavy atom. The third-order valence-electron chi connectivity index (χ3n) is 1.65. The van der Waals surface area contributed by atoms with Crippen molar-refractivity contribution in [3.8, 4) is 5.75 Å². The highest BCUT2D eigenvalue weighted by Gasteiger charge is 2.14. The molecule has 0 heterocycles. The molecule has 4 N–H and O–H groups in total. The average molecular weight is 242 g/mol. The predicted octanol–water partition coefficient (Wildman–Crippen LogP) is 1.60. The molecule has 1 aromatic rings. The van der Waals surface area contributed by atoms with Crippen LogP contribution in [-0.2, 0) is 0 Å². The molecule has 0 amide bonds. The van der Waals surface area contributed by atoms with Gasteiger partial charge in [0.2, 0.25) is 0 Å². The van der Waals surface area contributed by atoms with Crippen LogP contribution >= 0.6 is 24.0 Å². The lowest BCUT2D eigenvalue weighted by molar-refractivity contribution is 0.265. The minimum atomic E-state index is -0.826. The van der Waals surface area contributed by atoms with Crippen molar-refractivity contribution in [3.05, 3.63) is 28.5 Å². The molecular formula is C8H10Cl2FNO2. The Morgan fingerprint density at radius 2 is 2.07 bits per heavy atom. The standard InChI is InChI=1S/C8H9ClFNO2.ClH/c9-6-2-4(10)1-5(8(6)13)7(11)3-12;/h1-2,7,12-13H,3,11H2;1H/t7-;/m1./s1. The van der Waals surface area contributed by atoms with Gasteiger partial charge < -0.3 is 15.9 Å². The lowest BCUT2D eigenvalue weighted by Crippen LogP contribution is -2.14. The largest absolute Gasteiger partial charge is 0.506 e. The number of hydrogen-bond acceptors (Lipinski definition) is 3. The van der Waals surface area contributed by atoms with E-state index in [1.165, 1.54) is 0 Å². The SMILES string of the molecule is Cl.N[C@H](CO)c1cc(F)cc(Cl)c1O. The molecule has 0 aliphatic carbocycles. The second-order valence-corrected chi connectivity index (χ2v) is 3.02. The fraction of sp³-hybridized carbons (Fsp3) is 0.250. The molecule has 80 valence electrons. The highest BCUT2D eigenvalue weighted by atomic mass is 35.5. The van der Waals surface area contributed by atoms with E-state index in [-0.39, 0.29) is 35.3 Å². The van der Waals surface area contributed by atoms with Gasteiger partial charge in [-0.3, -0.25) is 0 Å². The van der Waals surface area contributed by atoms with Crippen molar-refractivity contribution in [2.75, 3.05) is 6.61 Å². The van der Waals surface area contributed by atoms with E-state index >= 15 is 0 Å². The Kier molecular flexibility index (Phi) is 5.15. The van der Waals surface area contributed by atoms with Gasteiger partial charge in [-0.25, -0.2) is 4.39 Å². The van der Waals surface area contributed by atoms with Gasteiger partial charge in [0.15, 0.2) is 0 Å². The maximum Gasteiger partial charge on any atom is 0.139 e. The second-order valence-electron chi connectivity index (χ2n) is 2.61. The summed E-state index contributed by atoms with van der Waals surface area (Å²) in [5.41, 5.74) is 5.50. The van der Waals surface area contributed by atoms with Crippen LogP contribution in [0.5, 0.6) is 5.75 Å². The first-order valence-corrected chi connectivity index (χ1v) is 3.98. The van der Waals surface area contributed by atoms with Gasteiger partial charge in [-0.1, -0.05) is 11.6 Å². The quantitative estimate of drug-likeness (QED) is 0.737. The number of benzene rings is 1. The van der Waals surface area contributed by atoms with E-state index in [0.717, 1.165) is 12.1 Å². The van der Waals surface area contributed by atoms with Gasteiger partial charge in [-0.15, -0.1) is 12.4 Å². The first-order chi connectivity index (χ1) is 6.06. The summed E-state index contributed by atoms with van der Waals surface area (Å²) in [6, 6.07) is 1.19. The zero-order chi connectivity index (χ0) is 10.0. The third-order valence-corrected chi connectivity index (χ3v) is 1.94. The van der Waals surface area contributed by atoms with E-state index in [9.17, 15) is 9.50 Å². The molecule has 0 aliphatic heterocycles. The average Bonchev–Trinajstić information content (AvgIpc) is 2.10. The molecule has 0 saturated heterocycles. The molecule has 14 heavy (non-hydrogen) atoms. The van der Waals surface area contributed by atoms with E-state index in [1.807, 2.05) is 0 Å². The van der Waals surface area contributed by atoms with Crippen LogP contribution in [0, 0.1) is 5.82 Å². The monoisotopic (exact) mass is 241 g/mol. The minimum Gasteiger partial charge on any atom is -0.506 e. The van der Waals surface area contributed by atoms with Crippen LogP contribution < -0.4 is 5.73 Å².